The number of pyridine rings is 1. The molecule has 4 rings (SSSR count). The molecule has 0 radical (unpaired) electrons. The molecule has 1 fully saturated rings. The van der Waals surface area contributed by atoms with Crippen molar-refractivity contribution >= 4 is 32.4 Å². The van der Waals surface area contributed by atoms with Crippen molar-refractivity contribution in [3.63, 3.8) is 0 Å². The van der Waals surface area contributed by atoms with Gasteiger partial charge in [0.25, 0.3) is 0 Å². The highest BCUT2D eigenvalue weighted by molar-refractivity contribution is 7.89. The minimum atomic E-state index is -3.62. The fraction of sp³-hybridized carbons (Fsp3) is 0.375. The van der Waals surface area contributed by atoms with Crippen molar-refractivity contribution in [2.45, 2.75) is 45.4 Å². The number of carbonyl (C=O) groups excluding carboxylic acids is 1. The van der Waals surface area contributed by atoms with E-state index in [0.29, 0.717) is 36.0 Å². The highest BCUT2D eigenvalue weighted by atomic mass is 32.2. The summed E-state index contributed by atoms with van der Waals surface area (Å²) in [5.41, 5.74) is 5.20. The highest BCUT2D eigenvalue weighted by Gasteiger charge is 2.34. The van der Waals surface area contributed by atoms with Crippen LogP contribution in [0.15, 0.2) is 40.9 Å². The first kappa shape index (κ1) is 23.5. The van der Waals surface area contributed by atoms with Gasteiger partial charge in [-0.2, -0.15) is 4.31 Å². The van der Waals surface area contributed by atoms with E-state index >= 15 is 0 Å². The van der Waals surface area contributed by atoms with E-state index in [4.69, 9.17) is 0 Å². The molecule has 1 aliphatic rings. The van der Waals surface area contributed by atoms with E-state index in [-0.39, 0.29) is 11.8 Å². The summed E-state index contributed by atoms with van der Waals surface area (Å²) in [6, 6.07) is 5.79. The normalized spacial score (nSPS) is 15.5. The van der Waals surface area contributed by atoms with E-state index in [1.807, 2.05) is 51.3 Å². The molecule has 0 aliphatic carbocycles. The lowest BCUT2D eigenvalue weighted by Gasteiger charge is -2.31. The number of rotatable bonds is 5. The van der Waals surface area contributed by atoms with Gasteiger partial charge in [-0.15, -0.1) is 11.3 Å². The smallest absolute Gasteiger partial charge is 0.243 e. The van der Waals surface area contributed by atoms with Gasteiger partial charge in [0.1, 0.15) is 0 Å². The minimum absolute atomic E-state index is 0.113. The number of aromatic nitrogens is 2. The number of nitrogens with one attached hydrogen (secondary N) is 1. The van der Waals surface area contributed by atoms with Crippen molar-refractivity contribution in [1.82, 2.24) is 14.3 Å². The van der Waals surface area contributed by atoms with Gasteiger partial charge in [0.2, 0.25) is 15.9 Å². The molecule has 9 heteroatoms. The average Bonchev–Trinajstić information content (AvgIpc) is 3.27. The molecule has 2 aromatic heterocycles. The Morgan fingerprint density at radius 1 is 1.12 bits per heavy atom. The topological polar surface area (TPSA) is 92.3 Å². The van der Waals surface area contributed by atoms with Gasteiger partial charge in [0.15, 0.2) is 5.13 Å². The molecule has 0 saturated carbocycles. The third-order valence-corrected chi connectivity index (χ3v) is 9.34. The first-order chi connectivity index (χ1) is 15.7. The molecule has 33 heavy (non-hydrogen) atoms. The summed E-state index contributed by atoms with van der Waals surface area (Å²) in [5.74, 6) is -0.360. The van der Waals surface area contributed by atoms with E-state index in [2.05, 4.69) is 15.3 Å². The molecule has 0 bridgehead atoms. The van der Waals surface area contributed by atoms with Crippen LogP contribution in [-0.4, -0.2) is 41.7 Å². The van der Waals surface area contributed by atoms with Crippen LogP contribution in [0.5, 0.6) is 0 Å². The van der Waals surface area contributed by atoms with Crippen LogP contribution >= 0.6 is 11.3 Å². The number of carbonyl (C=O) groups is 1. The van der Waals surface area contributed by atoms with Crippen molar-refractivity contribution in [3.8, 4) is 11.3 Å². The van der Waals surface area contributed by atoms with E-state index < -0.39 is 10.0 Å². The van der Waals surface area contributed by atoms with Crippen LogP contribution in [-0.2, 0) is 14.8 Å². The zero-order valence-electron chi connectivity index (χ0n) is 19.3. The fourth-order valence-corrected chi connectivity index (χ4v) is 7.01. The molecule has 0 spiro atoms. The van der Waals surface area contributed by atoms with E-state index in [1.165, 1.54) is 15.6 Å². The van der Waals surface area contributed by atoms with E-state index in [9.17, 15) is 13.2 Å². The van der Waals surface area contributed by atoms with Gasteiger partial charge < -0.3 is 5.32 Å². The second-order valence-corrected chi connectivity index (χ2v) is 11.3. The molecule has 0 unspecified atom stereocenters. The molecule has 3 heterocycles. The summed E-state index contributed by atoms with van der Waals surface area (Å²) in [6.45, 7) is 8.26. The minimum Gasteiger partial charge on any atom is -0.302 e. The van der Waals surface area contributed by atoms with Crippen molar-refractivity contribution < 1.29 is 13.2 Å². The monoisotopic (exact) mass is 484 g/mol. The summed E-state index contributed by atoms with van der Waals surface area (Å²) in [5, 5.41) is 5.32. The van der Waals surface area contributed by atoms with Crippen LogP contribution in [0.1, 0.15) is 35.1 Å². The van der Waals surface area contributed by atoms with E-state index in [0.717, 1.165) is 33.5 Å². The second kappa shape index (κ2) is 9.32. The summed E-state index contributed by atoms with van der Waals surface area (Å²) < 4.78 is 28.4. The Hall–Kier alpha value is -2.62. The maximum Gasteiger partial charge on any atom is 0.243 e. The number of nitrogens with zero attached hydrogens (tertiary/aromatic N) is 3. The van der Waals surface area contributed by atoms with Crippen LogP contribution in [0.2, 0.25) is 0 Å². The highest BCUT2D eigenvalue weighted by Crippen LogP contribution is 2.32. The van der Waals surface area contributed by atoms with Gasteiger partial charge in [-0.25, -0.2) is 13.4 Å². The number of hydrogen-bond donors (Lipinski definition) is 1. The summed E-state index contributed by atoms with van der Waals surface area (Å²) in [6.07, 6.45) is 4.40. The predicted octanol–water partition coefficient (Wildman–Crippen LogP) is 4.48. The van der Waals surface area contributed by atoms with Crippen molar-refractivity contribution in [2.24, 2.45) is 5.92 Å². The standard InChI is InChI=1S/C24H28N4O3S2/c1-15-12-16(2)18(4)22(17(15)3)33(30,31)28-10-7-19(8-11-28)23(29)27-24-26-21(14-32-24)20-6-5-9-25-13-20/h5-6,9,12-14,19H,7-8,10-11H2,1-4H3,(H,26,27,29). The molecular weight excluding hydrogens is 456 g/mol. The van der Waals surface area contributed by atoms with Crippen LogP contribution in [0.25, 0.3) is 11.3 Å². The molecule has 7 nitrogen and oxygen atoms in total. The Bertz CT molecular complexity index is 1250. The molecular formula is C24H28N4O3S2. The van der Waals surface area contributed by atoms with Gasteiger partial charge in [-0.05, 0) is 74.9 Å². The Morgan fingerprint density at radius 3 is 2.39 bits per heavy atom. The Labute approximate surface area is 199 Å². The largest absolute Gasteiger partial charge is 0.302 e. The average molecular weight is 485 g/mol. The van der Waals surface area contributed by atoms with Crippen LogP contribution in [0, 0.1) is 33.6 Å². The lowest BCUT2D eigenvalue weighted by molar-refractivity contribution is -0.120. The maximum atomic E-state index is 13.5. The first-order valence-electron chi connectivity index (χ1n) is 10.9. The number of sulfonamides is 1. The van der Waals surface area contributed by atoms with Gasteiger partial charge in [-0.3, -0.25) is 9.78 Å². The molecule has 1 saturated heterocycles. The Morgan fingerprint density at radius 2 is 1.79 bits per heavy atom. The van der Waals surface area contributed by atoms with Crippen molar-refractivity contribution in [2.75, 3.05) is 18.4 Å². The third-order valence-electron chi connectivity index (χ3n) is 6.41. The number of piperidine rings is 1. The lowest BCUT2D eigenvalue weighted by atomic mass is 9.97. The number of thiazole rings is 1. The molecule has 1 aliphatic heterocycles. The summed E-state index contributed by atoms with van der Waals surface area (Å²) in [7, 11) is -3.62. The predicted molar refractivity (Wildman–Crippen MR) is 131 cm³/mol. The summed E-state index contributed by atoms with van der Waals surface area (Å²) >= 11 is 1.37. The van der Waals surface area contributed by atoms with Crippen LogP contribution < -0.4 is 5.32 Å². The van der Waals surface area contributed by atoms with Gasteiger partial charge in [0, 0.05) is 42.3 Å². The van der Waals surface area contributed by atoms with Crippen molar-refractivity contribution in [1.29, 1.82) is 0 Å². The van der Waals surface area contributed by atoms with Crippen LogP contribution in [0.4, 0.5) is 5.13 Å². The number of anilines is 1. The molecule has 3 aromatic rings. The SMILES string of the molecule is Cc1cc(C)c(C)c(S(=O)(=O)N2CCC(C(=O)Nc3nc(-c4cccnc4)cs3)CC2)c1C. The number of aryl methyl sites for hydroxylation is 2. The molecule has 0 atom stereocenters. The number of benzene rings is 1. The summed E-state index contributed by atoms with van der Waals surface area (Å²) in [4.78, 5) is 21.8. The Balaban J connectivity index is 1.42. The van der Waals surface area contributed by atoms with Gasteiger partial charge >= 0.3 is 0 Å². The van der Waals surface area contributed by atoms with E-state index in [1.54, 1.807) is 12.4 Å². The Kier molecular flexibility index (Phi) is 6.65. The quantitative estimate of drug-likeness (QED) is 0.577. The zero-order chi connectivity index (χ0) is 23.8. The van der Waals surface area contributed by atoms with Crippen molar-refractivity contribution in [3.05, 3.63) is 58.2 Å². The fourth-order valence-electron chi connectivity index (χ4n) is 4.24. The third kappa shape index (κ3) is 4.71. The van der Waals surface area contributed by atoms with Gasteiger partial charge in [-0.1, -0.05) is 6.07 Å². The number of amides is 1. The van der Waals surface area contributed by atoms with Gasteiger partial charge in [0.05, 0.1) is 10.6 Å². The maximum absolute atomic E-state index is 13.5. The molecule has 1 aromatic carbocycles. The van der Waals surface area contributed by atoms with Crippen LogP contribution in [0.3, 0.4) is 0 Å². The second-order valence-electron chi connectivity index (χ2n) is 8.54. The molecule has 174 valence electrons. The number of hydrogen-bond acceptors (Lipinski definition) is 6. The molecule has 1 amide bonds. The lowest BCUT2D eigenvalue weighted by Crippen LogP contribution is -2.41. The molecule has 1 N–H and O–H groups in total. The first-order valence-corrected chi connectivity index (χ1v) is 13.2. The zero-order valence-corrected chi connectivity index (χ0v) is 20.9.